The van der Waals surface area contributed by atoms with Crippen LogP contribution in [0.25, 0.3) is 0 Å². The lowest BCUT2D eigenvalue weighted by molar-refractivity contribution is -0.139. The molecule has 9 heteroatoms. The first kappa shape index (κ1) is 28.5. The van der Waals surface area contributed by atoms with E-state index in [9.17, 15) is 22.4 Å². The molecule has 206 valence electrons. The molecule has 1 N–H and O–H groups in total. The van der Waals surface area contributed by atoms with Crippen molar-refractivity contribution in [2.45, 2.75) is 23.9 Å². The summed E-state index contributed by atoms with van der Waals surface area (Å²) in [6.45, 7) is -0.581. The normalized spacial score (nSPS) is 11.8. The van der Waals surface area contributed by atoms with Crippen LogP contribution in [-0.4, -0.2) is 44.8 Å². The van der Waals surface area contributed by atoms with Gasteiger partial charge < -0.3 is 10.2 Å². The molecule has 0 saturated heterocycles. The Balaban J connectivity index is 1.76. The maximum absolute atomic E-state index is 14.1. The molecule has 4 aromatic carbocycles. The van der Waals surface area contributed by atoms with Gasteiger partial charge in [0.2, 0.25) is 11.8 Å². The maximum atomic E-state index is 14.1. The third-order valence-corrected chi connectivity index (χ3v) is 8.23. The van der Waals surface area contributed by atoms with Gasteiger partial charge >= 0.3 is 0 Å². The lowest BCUT2D eigenvalue weighted by atomic mass is 10.0. The predicted octanol–water partition coefficient (Wildman–Crippen LogP) is 4.41. The van der Waals surface area contributed by atoms with Crippen LogP contribution in [0.5, 0.6) is 0 Å². The van der Waals surface area contributed by atoms with Gasteiger partial charge in [0, 0.05) is 20.0 Å². The van der Waals surface area contributed by atoms with Crippen LogP contribution in [0.2, 0.25) is 0 Å². The molecule has 0 aromatic heterocycles. The molecule has 1 unspecified atom stereocenters. The number of carbonyl (C=O) groups excluding carboxylic acids is 2. The number of hydrogen-bond donors (Lipinski definition) is 1. The van der Waals surface area contributed by atoms with Crippen molar-refractivity contribution in [3.8, 4) is 0 Å². The van der Waals surface area contributed by atoms with Crippen LogP contribution in [0, 0.1) is 5.82 Å². The minimum absolute atomic E-state index is 0.0297. The molecule has 1 atom stereocenters. The molecule has 0 saturated carbocycles. The molecule has 0 aliphatic rings. The maximum Gasteiger partial charge on any atom is 0.264 e. The Morgan fingerprint density at radius 1 is 0.775 bits per heavy atom. The highest BCUT2D eigenvalue weighted by molar-refractivity contribution is 7.92. The van der Waals surface area contributed by atoms with Crippen molar-refractivity contribution in [1.82, 2.24) is 10.2 Å². The molecule has 0 aliphatic heterocycles. The van der Waals surface area contributed by atoms with Gasteiger partial charge in [-0.2, -0.15) is 0 Å². The number of carbonyl (C=O) groups is 2. The Morgan fingerprint density at radius 3 is 1.90 bits per heavy atom. The summed E-state index contributed by atoms with van der Waals surface area (Å²) in [7, 11) is -2.65. The van der Waals surface area contributed by atoms with E-state index < -0.39 is 40.2 Å². The molecular formula is C31H30FN3O4S. The number of halogens is 1. The van der Waals surface area contributed by atoms with E-state index >= 15 is 0 Å². The van der Waals surface area contributed by atoms with E-state index in [1.165, 1.54) is 48.3 Å². The summed E-state index contributed by atoms with van der Waals surface area (Å²) >= 11 is 0. The average Bonchev–Trinajstić information content (AvgIpc) is 2.99. The molecule has 4 aromatic rings. The monoisotopic (exact) mass is 559 g/mol. The van der Waals surface area contributed by atoms with Gasteiger partial charge in [0.05, 0.1) is 10.6 Å². The Labute approximate surface area is 233 Å². The van der Waals surface area contributed by atoms with Crippen LogP contribution in [0.15, 0.2) is 120 Å². The number of nitrogens with zero attached hydrogens (tertiary/aromatic N) is 2. The smallest absolute Gasteiger partial charge is 0.264 e. The highest BCUT2D eigenvalue weighted by Crippen LogP contribution is 2.24. The number of benzene rings is 4. The van der Waals surface area contributed by atoms with Gasteiger partial charge in [-0.1, -0.05) is 78.9 Å². The zero-order chi connectivity index (χ0) is 28.5. The van der Waals surface area contributed by atoms with Crippen molar-refractivity contribution in [3.63, 3.8) is 0 Å². The molecule has 0 aliphatic carbocycles. The number of para-hydroxylation sites is 1. The van der Waals surface area contributed by atoms with Crippen LogP contribution in [0.4, 0.5) is 10.1 Å². The Morgan fingerprint density at radius 2 is 1.32 bits per heavy atom. The van der Waals surface area contributed by atoms with E-state index in [0.29, 0.717) is 11.3 Å². The summed E-state index contributed by atoms with van der Waals surface area (Å²) in [6.07, 6.45) is 0.199. The SMILES string of the molecule is CNC(=O)C(Cc1ccccc1)N(Cc1ccc(F)cc1)C(=O)CN(c1ccccc1)S(=O)(=O)c1ccccc1. The first-order valence-electron chi connectivity index (χ1n) is 12.7. The minimum atomic E-state index is -4.14. The van der Waals surface area contributed by atoms with Crippen molar-refractivity contribution in [2.24, 2.45) is 0 Å². The summed E-state index contributed by atoms with van der Waals surface area (Å²) in [6, 6.07) is 30.1. The van der Waals surface area contributed by atoms with Crippen LogP contribution >= 0.6 is 0 Å². The van der Waals surface area contributed by atoms with E-state index in [1.54, 1.807) is 48.5 Å². The molecule has 4 rings (SSSR count). The van der Waals surface area contributed by atoms with Crippen molar-refractivity contribution in [3.05, 3.63) is 132 Å². The zero-order valence-electron chi connectivity index (χ0n) is 22.0. The number of sulfonamides is 1. The molecule has 0 spiro atoms. The first-order chi connectivity index (χ1) is 19.3. The zero-order valence-corrected chi connectivity index (χ0v) is 22.8. The second kappa shape index (κ2) is 13.0. The lowest BCUT2D eigenvalue weighted by Gasteiger charge is -2.33. The second-order valence-electron chi connectivity index (χ2n) is 9.13. The van der Waals surface area contributed by atoms with Gasteiger partial charge in [-0.3, -0.25) is 13.9 Å². The molecule has 7 nitrogen and oxygen atoms in total. The van der Waals surface area contributed by atoms with Gasteiger partial charge in [0.1, 0.15) is 18.4 Å². The minimum Gasteiger partial charge on any atom is -0.357 e. The van der Waals surface area contributed by atoms with E-state index in [2.05, 4.69) is 5.32 Å². The number of hydrogen-bond acceptors (Lipinski definition) is 4. The molecule has 40 heavy (non-hydrogen) atoms. The van der Waals surface area contributed by atoms with Crippen LogP contribution < -0.4 is 9.62 Å². The predicted molar refractivity (Wildman–Crippen MR) is 152 cm³/mol. The van der Waals surface area contributed by atoms with E-state index in [4.69, 9.17) is 0 Å². The number of amides is 2. The third kappa shape index (κ3) is 6.92. The summed E-state index contributed by atoms with van der Waals surface area (Å²) < 4.78 is 42.2. The van der Waals surface area contributed by atoms with Gasteiger partial charge in [0.15, 0.2) is 0 Å². The van der Waals surface area contributed by atoms with E-state index in [0.717, 1.165) is 9.87 Å². The van der Waals surface area contributed by atoms with Crippen LogP contribution in [0.1, 0.15) is 11.1 Å². The molecule has 2 amide bonds. The summed E-state index contributed by atoms with van der Waals surface area (Å²) in [5, 5.41) is 2.63. The van der Waals surface area contributed by atoms with Crippen molar-refractivity contribution < 1.29 is 22.4 Å². The third-order valence-electron chi connectivity index (χ3n) is 6.44. The Hall–Kier alpha value is -4.50. The van der Waals surface area contributed by atoms with Gasteiger partial charge in [-0.05, 0) is 47.5 Å². The molecule has 0 heterocycles. The van der Waals surface area contributed by atoms with Gasteiger partial charge in [-0.15, -0.1) is 0 Å². The average molecular weight is 560 g/mol. The summed E-state index contributed by atoms with van der Waals surface area (Å²) in [4.78, 5) is 28.7. The molecule has 0 bridgehead atoms. The highest BCUT2D eigenvalue weighted by atomic mass is 32.2. The van der Waals surface area contributed by atoms with Gasteiger partial charge in [-0.25, -0.2) is 12.8 Å². The summed E-state index contributed by atoms with van der Waals surface area (Å²) in [5.41, 5.74) is 1.72. The Bertz CT molecular complexity index is 1520. The van der Waals surface area contributed by atoms with Gasteiger partial charge in [0.25, 0.3) is 10.0 Å². The summed E-state index contributed by atoms with van der Waals surface area (Å²) in [5.74, 6) is -1.42. The molecule has 0 fully saturated rings. The largest absolute Gasteiger partial charge is 0.357 e. The van der Waals surface area contributed by atoms with Crippen molar-refractivity contribution >= 4 is 27.5 Å². The Kier molecular flexibility index (Phi) is 9.29. The standard InChI is InChI=1S/C31H30FN3O4S/c1-33-31(37)29(21-24-11-5-2-6-12-24)34(22-25-17-19-26(32)20-18-25)30(36)23-35(27-13-7-3-8-14-27)40(38,39)28-15-9-4-10-16-28/h2-20,29H,21-23H2,1H3,(H,33,37). The quantitative estimate of drug-likeness (QED) is 0.295. The first-order valence-corrected chi connectivity index (χ1v) is 14.2. The highest BCUT2D eigenvalue weighted by Gasteiger charge is 2.34. The number of anilines is 1. The van der Waals surface area contributed by atoms with E-state index in [1.807, 2.05) is 30.3 Å². The number of nitrogens with one attached hydrogen (secondary N) is 1. The van der Waals surface area contributed by atoms with Crippen molar-refractivity contribution in [1.29, 1.82) is 0 Å². The number of likely N-dealkylation sites (N-methyl/N-ethyl adjacent to an activating group) is 1. The van der Waals surface area contributed by atoms with Crippen LogP contribution in [-0.2, 0) is 32.6 Å². The fourth-order valence-corrected chi connectivity index (χ4v) is 5.78. The molecular weight excluding hydrogens is 529 g/mol. The fourth-order valence-electron chi connectivity index (χ4n) is 4.35. The lowest BCUT2D eigenvalue weighted by Crippen LogP contribution is -2.53. The number of rotatable bonds is 11. The second-order valence-corrected chi connectivity index (χ2v) is 11.0. The fraction of sp³-hybridized carbons (Fsp3) is 0.161. The molecule has 0 radical (unpaired) electrons. The topological polar surface area (TPSA) is 86.8 Å². The van der Waals surface area contributed by atoms with Crippen LogP contribution in [0.3, 0.4) is 0 Å². The van der Waals surface area contributed by atoms with Crippen molar-refractivity contribution in [2.75, 3.05) is 17.9 Å². The van der Waals surface area contributed by atoms with E-state index in [-0.39, 0.29) is 17.9 Å².